The van der Waals surface area contributed by atoms with Crippen molar-refractivity contribution in [3.05, 3.63) is 46.6 Å². The Morgan fingerprint density at radius 1 is 1.32 bits per heavy atom. The zero-order chi connectivity index (χ0) is 13.2. The molecule has 1 heterocycles. The molecular weight excluding hydrogens is 264 g/mol. The number of aromatic nitrogens is 2. The lowest BCUT2D eigenvalue weighted by molar-refractivity contribution is 0.140. The predicted octanol–water partition coefficient (Wildman–Crippen LogP) is 2.63. The van der Waals surface area contributed by atoms with Gasteiger partial charge in [-0.3, -0.25) is 0 Å². The van der Waals surface area contributed by atoms with Gasteiger partial charge in [-0.25, -0.2) is 0 Å². The van der Waals surface area contributed by atoms with Crippen LogP contribution in [0.1, 0.15) is 30.1 Å². The van der Waals surface area contributed by atoms with Gasteiger partial charge in [-0.1, -0.05) is 28.9 Å². The highest BCUT2D eigenvalue weighted by atomic mass is 35.5. The van der Waals surface area contributed by atoms with Crippen molar-refractivity contribution in [1.29, 1.82) is 0 Å². The second-order valence-corrected chi connectivity index (χ2v) is 5.45. The molecule has 100 valence electrons. The van der Waals surface area contributed by atoms with Gasteiger partial charge in [0.05, 0.1) is 12.5 Å². The third kappa shape index (κ3) is 3.33. The van der Waals surface area contributed by atoms with Gasteiger partial charge in [-0.2, -0.15) is 4.98 Å². The average molecular weight is 279 g/mol. The third-order valence-electron chi connectivity index (χ3n) is 3.34. The van der Waals surface area contributed by atoms with Crippen molar-refractivity contribution in [2.75, 3.05) is 0 Å². The summed E-state index contributed by atoms with van der Waals surface area (Å²) in [5, 5.41) is 14.5. The fourth-order valence-electron chi connectivity index (χ4n) is 2.06. The van der Waals surface area contributed by atoms with Crippen LogP contribution in [0.15, 0.2) is 28.8 Å². The first-order valence-corrected chi connectivity index (χ1v) is 6.82. The molecule has 1 unspecified atom stereocenters. The third-order valence-corrected chi connectivity index (χ3v) is 3.59. The number of hydrogen-bond acceptors (Lipinski definition) is 4. The van der Waals surface area contributed by atoms with E-state index >= 15 is 0 Å². The molecule has 1 aromatic carbocycles. The molecule has 0 saturated heterocycles. The van der Waals surface area contributed by atoms with E-state index in [9.17, 15) is 5.11 Å². The van der Waals surface area contributed by atoms with E-state index in [2.05, 4.69) is 10.1 Å². The van der Waals surface area contributed by atoms with Crippen molar-refractivity contribution >= 4 is 11.6 Å². The van der Waals surface area contributed by atoms with Crippen LogP contribution in [0, 0.1) is 5.92 Å². The van der Waals surface area contributed by atoms with Gasteiger partial charge in [0.2, 0.25) is 5.89 Å². The highest BCUT2D eigenvalue weighted by molar-refractivity contribution is 6.30. The molecule has 4 nitrogen and oxygen atoms in total. The number of hydrogen-bond donors (Lipinski definition) is 1. The Hall–Kier alpha value is -1.39. The van der Waals surface area contributed by atoms with E-state index in [1.807, 2.05) is 24.3 Å². The lowest BCUT2D eigenvalue weighted by Crippen LogP contribution is -2.12. The summed E-state index contributed by atoms with van der Waals surface area (Å²) >= 11 is 5.83. The van der Waals surface area contributed by atoms with Crippen LogP contribution in [-0.2, 0) is 12.8 Å². The SMILES string of the molecule is OC(Cc1nc(Cc2ccc(Cl)cc2)no1)C1CC1. The first-order chi connectivity index (χ1) is 9.20. The zero-order valence-electron chi connectivity index (χ0n) is 10.4. The Balaban J connectivity index is 1.62. The van der Waals surface area contributed by atoms with Crippen LogP contribution in [0.3, 0.4) is 0 Å². The minimum atomic E-state index is -0.344. The fourth-order valence-corrected chi connectivity index (χ4v) is 2.18. The summed E-state index contributed by atoms with van der Waals surface area (Å²) in [5.74, 6) is 1.58. The Morgan fingerprint density at radius 2 is 2.05 bits per heavy atom. The first kappa shape index (κ1) is 12.6. The van der Waals surface area contributed by atoms with E-state index in [0.29, 0.717) is 35.5 Å². The number of halogens is 1. The summed E-state index contributed by atoms with van der Waals surface area (Å²) in [6, 6.07) is 7.57. The van der Waals surface area contributed by atoms with E-state index in [1.54, 1.807) is 0 Å². The van der Waals surface area contributed by atoms with Crippen LogP contribution in [-0.4, -0.2) is 21.4 Å². The molecule has 0 spiro atoms. The van der Waals surface area contributed by atoms with Crippen molar-refractivity contribution in [3.8, 4) is 0 Å². The Bertz CT molecular complexity index is 549. The van der Waals surface area contributed by atoms with Crippen molar-refractivity contribution in [2.24, 2.45) is 5.92 Å². The lowest BCUT2D eigenvalue weighted by Gasteiger charge is -2.03. The van der Waals surface area contributed by atoms with Crippen LogP contribution in [0.5, 0.6) is 0 Å². The van der Waals surface area contributed by atoms with Crippen LogP contribution >= 0.6 is 11.6 Å². The Kier molecular flexibility index (Phi) is 3.53. The number of rotatable bonds is 5. The monoisotopic (exact) mass is 278 g/mol. The molecule has 1 aliphatic carbocycles. The van der Waals surface area contributed by atoms with Crippen molar-refractivity contribution in [3.63, 3.8) is 0 Å². The molecule has 1 saturated carbocycles. The van der Waals surface area contributed by atoms with Crippen LogP contribution in [0.2, 0.25) is 5.02 Å². The molecule has 1 aromatic heterocycles. The highest BCUT2D eigenvalue weighted by Gasteiger charge is 2.30. The molecule has 0 amide bonds. The van der Waals surface area contributed by atoms with Gasteiger partial charge in [-0.05, 0) is 36.5 Å². The van der Waals surface area contributed by atoms with Gasteiger partial charge in [0.25, 0.3) is 0 Å². The normalized spacial score (nSPS) is 16.5. The summed E-state index contributed by atoms with van der Waals surface area (Å²) in [5.41, 5.74) is 1.08. The van der Waals surface area contributed by atoms with Gasteiger partial charge in [0, 0.05) is 11.4 Å². The fraction of sp³-hybridized carbons (Fsp3) is 0.429. The molecule has 0 radical (unpaired) electrons. The molecule has 0 aliphatic heterocycles. The van der Waals surface area contributed by atoms with Gasteiger partial charge < -0.3 is 9.63 Å². The second kappa shape index (κ2) is 5.31. The predicted molar refractivity (Wildman–Crippen MR) is 71.0 cm³/mol. The first-order valence-electron chi connectivity index (χ1n) is 6.44. The maximum Gasteiger partial charge on any atom is 0.229 e. The standard InChI is InChI=1S/C14H15ClN2O2/c15-11-5-1-9(2-6-11)7-13-16-14(19-17-13)8-12(18)10-3-4-10/h1-2,5-6,10,12,18H,3-4,7-8H2. The highest BCUT2D eigenvalue weighted by Crippen LogP contribution is 2.33. The van der Waals surface area contributed by atoms with E-state index in [0.717, 1.165) is 18.4 Å². The summed E-state index contributed by atoms with van der Waals surface area (Å²) in [7, 11) is 0. The maximum absolute atomic E-state index is 9.83. The van der Waals surface area contributed by atoms with E-state index < -0.39 is 0 Å². The summed E-state index contributed by atoms with van der Waals surface area (Å²) in [6.45, 7) is 0. The zero-order valence-corrected chi connectivity index (χ0v) is 11.2. The summed E-state index contributed by atoms with van der Waals surface area (Å²) in [4.78, 5) is 4.31. The van der Waals surface area contributed by atoms with Gasteiger partial charge in [0.1, 0.15) is 0 Å². The number of nitrogens with zero attached hydrogens (tertiary/aromatic N) is 2. The Labute approximate surface area is 116 Å². The van der Waals surface area contributed by atoms with Crippen molar-refractivity contribution < 1.29 is 9.63 Å². The quantitative estimate of drug-likeness (QED) is 0.913. The Morgan fingerprint density at radius 3 is 2.74 bits per heavy atom. The molecule has 1 aliphatic rings. The van der Waals surface area contributed by atoms with E-state index in [4.69, 9.17) is 16.1 Å². The molecule has 5 heteroatoms. The second-order valence-electron chi connectivity index (χ2n) is 5.02. The van der Waals surface area contributed by atoms with Crippen LogP contribution < -0.4 is 0 Å². The topological polar surface area (TPSA) is 59.2 Å². The molecule has 3 rings (SSSR count). The molecule has 1 fully saturated rings. The minimum absolute atomic E-state index is 0.344. The van der Waals surface area contributed by atoms with Gasteiger partial charge >= 0.3 is 0 Å². The van der Waals surface area contributed by atoms with Crippen molar-refractivity contribution in [2.45, 2.75) is 31.8 Å². The number of aliphatic hydroxyl groups excluding tert-OH is 1. The molecule has 1 N–H and O–H groups in total. The summed E-state index contributed by atoms with van der Waals surface area (Å²) < 4.78 is 5.16. The molecule has 1 atom stereocenters. The lowest BCUT2D eigenvalue weighted by atomic mass is 10.1. The van der Waals surface area contributed by atoms with Crippen LogP contribution in [0.4, 0.5) is 0 Å². The minimum Gasteiger partial charge on any atom is -0.392 e. The van der Waals surface area contributed by atoms with Crippen molar-refractivity contribution in [1.82, 2.24) is 10.1 Å². The van der Waals surface area contributed by atoms with Gasteiger partial charge in [0.15, 0.2) is 5.82 Å². The molecule has 2 aromatic rings. The molecular formula is C14H15ClN2O2. The van der Waals surface area contributed by atoms with Crippen LogP contribution in [0.25, 0.3) is 0 Å². The summed E-state index contributed by atoms with van der Waals surface area (Å²) in [6.07, 6.45) is 2.93. The number of benzene rings is 1. The molecule has 0 bridgehead atoms. The van der Waals surface area contributed by atoms with E-state index in [-0.39, 0.29) is 6.10 Å². The smallest absolute Gasteiger partial charge is 0.229 e. The van der Waals surface area contributed by atoms with Gasteiger partial charge in [-0.15, -0.1) is 0 Å². The van der Waals surface area contributed by atoms with E-state index in [1.165, 1.54) is 0 Å². The number of aliphatic hydroxyl groups is 1. The molecule has 19 heavy (non-hydrogen) atoms. The largest absolute Gasteiger partial charge is 0.392 e. The average Bonchev–Trinajstić information content (AvgIpc) is 3.16. The maximum atomic E-state index is 9.83.